The van der Waals surface area contributed by atoms with E-state index in [0.29, 0.717) is 6.04 Å². The maximum Gasteiger partial charge on any atom is 0.127 e. The number of aryl methyl sites for hydroxylation is 3. The predicted octanol–water partition coefficient (Wildman–Crippen LogP) is 6.06. The van der Waals surface area contributed by atoms with Gasteiger partial charge in [-0.15, -0.1) is 0 Å². The van der Waals surface area contributed by atoms with Gasteiger partial charge in [0.25, 0.3) is 0 Å². The van der Waals surface area contributed by atoms with Crippen LogP contribution in [-0.2, 0) is 6.54 Å². The molecule has 1 aliphatic heterocycles. The van der Waals surface area contributed by atoms with Gasteiger partial charge in [0.15, 0.2) is 0 Å². The first kappa shape index (κ1) is 20.9. The molecular weight excluding hydrogens is 370 g/mol. The number of fused-ring (bicyclic) bond motifs is 1. The third-order valence-electron chi connectivity index (χ3n) is 6.43. The molecule has 0 saturated carbocycles. The third kappa shape index (κ3) is 4.54. The van der Waals surface area contributed by atoms with Crippen LogP contribution >= 0.6 is 0 Å². The summed E-state index contributed by atoms with van der Waals surface area (Å²) in [5, 5.41) is 0. The Balaban J connectivity index is 1.50. The largest absolute Gasteiger partial charge is 0.493 e. The molecule has 0 bridgehead atoms. The molecule has 1 fully saturated rings. The van der Waals surface area contributed by atoms with Crippen LogP contribution in [0.2, 0.25) is 0 Å². The van der Waals surface area contributed by atoms with Crippen LogP contribution in [0.4, 0.5) is 0 Å². The van der Waals surface area contributed by atoms with Crippen molar-refractivity contribution < 1.29 is 4.74 Å². The Morgan fingerprint density at radius 2 is 1.63 bits per heavy atom. The van der Waals surface area contributed by atoms with Crippen molar-refractivity contribution in [3.8, 4) is 5.75 Å². The second kappa shape index (κ2) is 9.65. The van der Waals surface area contributed by atoms with E-state index in [1.54, 1.807) is 0 Å². The fourth-order valence-corrected chi connectivity index (χ4v) is 4.72. The number of ether oxygens (including phenoxy) is 1. The molecule has 0 N–H and O–H groups in total. The van der Waals surface area contributed by atoms with E-state index < -0.39 is 0 Å². The molecule has 4 nitrogen and oxygen atoms in total. The molecule has 4 heteroatoms. The van der Waals surface area contributed by atoms with Crippen molar-refractivity contribution in [2.45, 2.75) is 65.5 Å². The van der Waals surface area contributed by atoms with E-state index in [1.807, 2.05) is 0 Å². The Kier molecular flexibility index (Phi) is 6.73. The van der Waals surface area contributed by atoms with Crippen LogP contribution in [0.5, 0.6) is 5.75 Å². The first-order valence-corrected chi connectivity index (χ1v) is 11.5. The normalized spacial score (nSPS) is 16.5. The number of benzene rings is 2. The standard InChI is InChI=1S/C26H35N3O/c1-20-12-10-13-21(2)25(20)30-19-11-18-29-24-15-7-6-14-23(24)27-26(29)22(3)28-16-8-4-5-9-17-28/h6-7,10,12-15,22H,4-5,8-9,11,16-19H2,1-3H3. The third-order valence-corrected chi connectivity index (χ3v) is 6.43. The summed E-state index contributed by atoms with van der Waals surface area (Å²) in [7, 11) is 0. The van der Waals surface area contributed by atoms with Crippen molar-refractivity contribution in [3.63, 3.8) is 0 Å². The van der Waals surface area contributed by atoms with Crippen molar-refractivity contribution in [3.05, 3.63) is 59.4 Å². The van der Waals surface area contributed by atoms with Gasteiger partial charge in [-0.25, -0.2) is 4.98 Å². The lowest BCUT2D eigenvalue weighted by atomic mass is 10.1. The van der Waals surface area contributed by atoms with Crippen molar-refractivity contribution in [1.82, 2.24) is 14.5 Å². The van der Waals surface area contributed by atoms with Gasteiger partial charge < -0.3 is 9.30 Å². The highest BCUT2D eigenvalue weighted by Crippen LogP contribution is 2.27. The van der Waals surface area contributed by atoms with Crippen molar-refractivity contribution in [2.75, 3.05) is 19.7 Å². The van der Waals surface area contributed by atoms with Gasteiger partial charge in [-0.05, 0) is 76.4 Å². The molecule has 30 heavy (non-hydrogen) atoms. The average Bonchev–Trinajstić information content (AvgIpc) is 2.91. The number of rotatable bonds is 7. The van der Waals surface area contributed by atoms with Gasteiger partial charge in [0.1, 0.15) is 11.6 Å². The van der Waals surface area contributed by atoms with Crippen LogP contribution < -0.4 is 4.74 Å². The van der Waals surface area contributed by atoms with E-state index in [4.69, 9.17) is 9.72 Å². The highest BCUT2D eigenvalue weighted by Gasteiger charge is 2.23. The Morgan fingerprint density at radius 3 is 2.37 bits per heavy atom. The summed E-state index contributed by atoms with van der Waals surface area (Å²) in [6.07, 6.45) is 6.28. The number of hydrogen-bond donors (Lipinski definition) is 0. The van der Waals surface area contributed by atoms with E-state index >= 15 is 0 Å². The Labute approximate surface area is 180 Å². The molecule has 1 atom stereocenters. The number of likely N-dealkylation sites (tertiary alicyclic amines) is 1. The highest BCUT2D eigenvalue weighted by molar-refractivity contribution is 5.76. The molecule has 1 unspecified atom stereocenters. The molecule has 1 aliphatic rings. The topological polar surface area (TPSA) is 30.3 Å². The second-order valence-electron chi connectivity index (χ2n) is 8.66. The van der Waals surface area contributed by atoms with Crippen LogP contribution in [-0.4, -0.2) is 34.1 Å². The number of aromatic nitrogens is 2. The van der Waals surface area contributed by atoms with Gasteiger partial charge >= 0.3 is 0 Å². The quantitative estimate of drug-likeness (QED) is 0.448. The zero-order chi connectivity index (χ0) is 20.9. The summed E-state index contributed by atoms with van der Waals surface area (Å²) >= 11 is 0. The minimum absolute atomic E-state index is 0.343. The van der Waals surface area contributed by atoms with Crippen LogP contribution in [0.1, 0.15) is 62.0 Å². The molecule has 2 aromatic carbocycles. The number of nitrogens with zero attached hydrogens (tertiary/aromatic N) is 3. The lowest BCUT2D eigenvalue weighted by Gasteiger charge is -2.27. The molecule has 0 radical (unpaired) electrons. The van der Waals surface area contributed by atoms with Crippen molar-refractivity contribution in [1.29, 1.82) is 0 Å². The molecule has 160 valence electrons. The molecule has 3 aromatic rings. The van der Waals surface area contributed by atoms with E-state index in [0.717, 1.165) is 30.8 Å². The van der Waals surface area contributed by atoms with E-state index in [2.05, 4.69) is 72.7 Å². The SMILES string of the molecule is Cc1cccc(C)c1OCCCn1c(C(C)N2CCCCCC2)nc2ccccc21. The molecule has 0 amide bonds. The Hall–Kier alpha value is -2.33. The summed E-state index contributed by atoms with van der Waals surface area (Å²) in [6, 6.07) is 15.2. The highest BCUT2D eigenvalue weighted by atomic mass is 16.5. The zero-order valence-corrected chi connectivity index (χ0v) is 18.7. The zero-order valence-electron chi connectivity index (χ0n) is 18.7. The number of imidazole rings is 1. The number of para-hydroxylation sites is 3. The average molecular weight is 406 g/mol. The minimum atomic E-state index is 0.343. The Morgan fingerprint density at radius 1 is 0.933 bits per heavy atom. The molecule has 0 aliphatic carbocycles. The van der Waals surface area contributed by atoms with Crippen LogP contribution in [0.15, 0.2) is 42.5 Å². The molecule has 0 spiro atoms. The fraction of sp³-hybridized carbons (Fsp3) is 0.500. The minimum Gasteiger partial charge on any atom is -0.493 e. The van der Waals surface area contributed by atoms with Crippen LogP contribution in [0, 0.1) is 13.8 Å². The maximum atomic E-state index is 6.17. The molecule has 1 aromatic heterocycles. The first-order chi connectivity index (χ1) is 14.6. The molecule has 1 saturated heterocycles. The first-order valence-electron chi connectivity index (χ1n) is 11.5. The van der Waals surface area contributed by atoms with Gasteiger partial charge in [0.05, 0.1) is 23.7 Å². The summed E-state index contributed by atoms with van der Waals surface area (Å²) < 4.78 is 8.60. The summed E-state index contributed by atoms with van der Waals surface area (Å²) in [4.78, 5) is 7.69. The predicted molar refractivity (Wildman–Crippen MR) is 124 cm³/mol. The van der Waals surface area contributed by atoms with Crippen molar-refractivity contribution >= 4 is 11.0 Å². The van der Waals surface area contributed by atoms with Gasteiger partial charge in [-0.3, -0.25) is 4.90 Å². The van der Waals surface area contributed by atoms with E-state index in [9.17, 15) is 0 Å². The number of hydrogen-bond acceptors (Lipinski definition) is 3. The summed E-state index contributed by atoms with van der Waals surface area (Å²) in [6.45, 7) is 10.6. The van der Waals surface area contributed by atoms with E-state index in [-0.39, 0.29) is 0 Å². The molecule has 4 rings (SSSR count). The fourth-order valence-electron chi connectivity index (χ4n) is 4.72. The molecule has 2 heterocycles. The monoisotopic (exact) mass is 405 g/mol. The maximum absolute atomic E-state index is 6.17. The molecular formula is C26H35N3O. The van der Waals surface area contributed by atoms with Gasteiger partial charge in [0.2, 0.25) is 0 Å². The summed E-state index contributed by atoms with van der Waals surface area (Å²) in [5.74, 6) is 2.23. The lowest BCUT2D eigenvalue weighted by molar-refractivity contribution is 0.206. The van der Waals surface area contributed by atoms with Gasteiger partial charge in [0, 0.05) is 6.54 Å². The van der Waals surface area contributed by atoms with E-state index in [1.165, 1.54) is 61.2 Å². The van der Waals surface area contributed by atoms with Crippen molar-refractivity contribution in [2.24, 2.45) is 0 Å². The second-order valence-corrected chi connectivity index (χ2v) is 8.66. The summed E-state index contributed by atoms with van der Waals surface area (Å²) in [5.41, 5.74) is 4.75. The van der Waals surface area contributed by atoms with Crippen LogP contribution in [0.3, 0.4) is 0 Å². The van der Waals surface area contributed by atoms with Gasteiger partial charge in [-0.1, -0.05) is 43.2 Å². The van der Waals surface area contributed by atoms with Crippen LogP contribution in [0.25, 0.3) is 11.0 Å². The lowest BCUT2D eigenvalue weighted by Crippen LogP contribution is -2.30. The Bertz CT molecular complexity index is 949. The van der Waals surface area contributed by atoms with Gasteiger partial charge in [-0.2, -0.15) is 0 Å². The smallest absolute Gasteiger partial charge is 0.127 e.